The Bertz CT molecular complexity index is 1220. The van der Waals surface area contributed by atoms with E-state index in [1.54, 1.807) is 33.5 Å². The second kappa shape index (κ2) is 9.43. The Kier molecular flexibility index (Phi) is 6.43. The molecule has 11 heteroatoms. The van der Waals surface area contributed by atoms with E-state index in [0.717, 1.165) is 12.1 Å². The average Bonchev–Trinajstić information content (AvgIpc) is 3.30. The molecule has 1 aromatic carbocycles. The first-order valence-electron chi connectivity index (χ1n) is 10.7. The highest BCUT2D eigenvalue weighted by Gasteiger charge is 2.25. The first-order valence-corrected chi connectivity index (χ1v) is 10.7. The number of fused-ring (bicyclic) bond motifs is 1. The van der Waals surface area contributed by atoms with E-state index in [1.165, 1.54) is 0 Å². The summed E-state index contributed by atoms with van der Waals surface area (Å²) in [5, 5.41) is 7.20. The van der Waals surface area contributed by atoms with Crippen molar-refractivity contribution in [3.8, 4) is 5.75 Å². The van der Waals surface area contributed by atoms with Crippen molar-refractivity contribution >= 4 is 28.8 Å². The SMILES string of the molecule is CCn1nc(C)cc1C(=O)Nc1nc2cc(C(N)=O)cc(OC3CCO3)c2n1CC=CCN. The summed E-state index contributed by atoms with van der Waals surface area (Å²) >= 11 is 0. The van der Waals surface area contributed by atoms with E-state index < -0.39 is 12.2 Å². The lowest BCUT2D eigenvalue weighted by Gasteiger charge is -2.27. The minimum absolute atomic E-state index is 0.247. The van der Waals surface area contributed by atoms with Crippen LogP contribution in [-0.4, -0.2) is 50.6 Å². The van der Waals surface area contributed by atoms with Gasteiger partial charge in [0.25, 0.3) is 5.91 Å². The second-order valence-electron chi connectivity index (χ2n) is 7.61. The van der Waals surface area contributed by atoms with Crippen LogP contribution in [0.25, 0.3) is 11.0 Å². The Balaban J connectivity index is 1.80. The normalized spacial score (nSPS) is 15.7. The zero-order chi connectivity index (χ0) is 23.5. The third-order valence-electron chi connectivity index (χ3n) is 5.26. The Hall–Kier alpha value is -3.70. The van der Waals surface area contributed by atoms with Crippen molar-refractivity contribution in [1.29, 1.82) is 0 Å². The molecule has 33 heavy (non-hydrogen) atoms. The van der Waals surface area contributed by atoms with Crippen molar-refractivity contribution < 1.29 is 19.1 Å². The number of carbonyl (C=O) groups excluding carboxylic acids is 2. The topological polar surface area (TPSA) is 152 Å². The van der Waals surface area contributed by atoms with Gasteiger partial charge in [-0.3, -0.25) is 19.6 Å². The summed E-state index contributed by atoms with van der Waals surface area (Å²) in [6.45, 7) is 5.63. The molecule has 1 saturated heterocycles. The van der Waals surface area contributed by atoms with Crippen molar-refractivity contribution in [2.45, 2.75) is 39.6 Å². The van der Waals surface area contributed by atoms with E-state index in [4.69, 9.17) is 20.9 Å². The predicted octanol–water partition coefficient (Wildman–Crippen LogP) is 1.55. The lowest BCUT2D eigenvalue weighted by Crippen LogP contribution is -2.32. The molecule has 3 heterocycles. The number of benzene rings is 1. The highest BCUT2D eigenvalue weighted by atomic mass is 16.7. The summed E-state index contributed by atoms with van der Waals surface area (Å²) in [5.74, 6) is -0.271. The number of primary amides is 1. The third-order valence-corrected chi connectivity index (χ3v) is 5.26. The van der Waals surface area contributed by atoms with E-state index in [0.29, 0.717) is 54.7 Å². The van der Waals surface area contributed by atoms with Crippen LogP contribution in [0.5, 0.6) is 5.75 Å². The zero-order valence-electron chi connectivity index (χ0n) is 18.6. The van der Waals surface area contributed by atoms with Gasteiger partial charge in [-0.2, -0.15) is 5.10 Å². The molecule has 2 amide bonds. The fourth-order valence-electron chi connectivity index (χ4n) is 3.59. The molecule has 1 aliphatic rings. The first-order chi connectivity index (χ1) is 15.9. The summed E-state index contributed by atoms with van der Waals surface area (Å²) < 4.78 is 14.8. The van der Waals surface area contributed by atoms with Gasteiger partial charge in [0, 0.05) is 31.6 Å². The quantitative estimate of drug-likeness (QED) is 0.416. The van der Waals surface area contributed by atoms with Crippen LogP contribution < -0.4 is 21.5 Å². The number of hydrogen-bond donors (Lipinski definition) is 3. The van der Waals surface area contributed by atoms with Gasteiger partial charge in [0.2, 0.25) is 18.1 Å². The number of nitrogens with zero attached hydrogens (tertiary/aromatic N) is 4. The number of amides is 2. The highest BCUT2D eigenvalue weighted by molar-refractivity contribution is 6.04. The van der Waals surface area contributed by atoms with Gasteiger partial charge in [-0.15, -0.1) is 0 Å². The number of aromatic nitrogens is 4. The number of nitrogens with two attached hydrogens (primary N) is 2. The zero-order valence-corrected chi connectivity index (χ0v) is 18.6. The number of carbonyl (C=O) groups is 2. The maximum absolute atomic E-state index is 13.1. The molecule has 2 aromatic heterocycles. The van der Waals surface area contributed by atoms with Crippen molar-refractivity contribution in [2.75, 3.05) is 18.5 Å². The van der Waals surface area contributed by atoms with Gasteiger partial charge in [0.15, 0.2) is 0 Å². The minimum Gasteiger partial charge on any atom is -0.463 e. The van der Waals surface area contributed by atoms with Crippen molar-refractivity contribution in [1.82, 2.24) is 19.3 Å². The Morgan fingerprint density at radius 2 is 2.12 bits per heavy atom. The van der Waals surface area contributed by atoms with Gasteiger partial charge < -0.3 is 25.5 Å². The van der Waals surface area contributed by atoms with Crippen LogP contribution in [0.1, 0.15) is 39.9 Å². The maximum Gasteiger partial charge on any atom is 0.276 e. The summed E-state index contributed by atoms with van der Waals surface area (Å²) in [4.78, 5) is 29.6. The fraction of sp³-hybridized carbons (Fsp3) is 0.364. The molecule has 0 saturated carbocycles. The molecule has 3 aromatic rings. The highest BCUT2D eigenvalue weighted by Crippen LogP contribution is 2.33. The second-order valence-corrected chi connectivity index (χ2v) is 7.61. The monoisotopic (exact) mass is 453 g/mol. The smallest absolute Gasteiger partial charge is 0.276 e. The molecule has 0 radical (unpaired) electrons. The maximum atomic E-state index is 13.1. The van der Waals surface area contributed by atoms with Crippen LogP contribution in [0.4, 0.5) is 5.95 Å². The number of ether oxygens (including phenoxy) is 2. The van der Waals surface area contributed by atoms with Gasteiger partial charge in [0.1, 0.15) is 17.0 Å². The number of aryl methyl sites for hydroxylation is 2. The molecule has 1 aliphatic heterocycles. The van der Waals surface area contributed by atoms with Crippen molar-refractivity contribution in [2.24, 2.45) is 11.5 Å². The summed E-state index contributed by atoms with van der Waals surface area (Å²) in [5.41, 5.74) is 13.6. The summed E-state index contributed by atoms with van der Waals surface area (Å²) in [7, 11) is 0. The number of rotatable bonds is 9. The molecule has 0 bridgehead atoms. The van der Waals surface area contributed by atoms with Gasteiger partial charge in [0.05, 0.1) is 17.8 Å². The molecule has 4 rings (SSSR count). The molecule has 1 unspecified atom stereocenters. The number of anilines is 1. The lowest BCUT2D eigenvalue weighted by atomic mass is 10.1. The third kappa shape index (κ3) is 4.59. The van der Waals surface area contributed by atoms with Gasteiger partial charge >= 0.3 is 0 Å². The summed E-state index contributed by atoms with van der Waals surface area (Å²) in [6.07, 6.45) is 3.98. The van der Waals surface area contributed by atoms with Gasteiger partial charge in [-0.25, -0.2) is 4.98 Å². The molecule has 174 valence electrons. The Morgan fingerprint density at radius 1 is 1.33 bits per heavy atom. The first kappa shape index (κ1) is 22.5. The van der Waals surface area contributed by atoms with E-state index >= 15 is 0 Å². The van der Waals surface area contributed by atoms with E-state index in [-0.39, 0.29) is 11.5 Å². The van der Waals surface area contributed by atoms with Crippen LogP contribution >= 0.6 is 0 Å². The minimum atomic E-state index is -0.609. The molecule has 0 aliphatic carbocycles. The Labute approximate surface area is 190 Å². The molecule has 5 N–H and O–H groups in total. The Morgan fingerprint density at radius 3 is 2.76 bits per heavy atom. The number of nitrogens with one attached hydrogen (secondary N) is 1. The van der Waals surface area contributed by atoms with Crippen LogP contribution in [0.3, 0.4) is 0 Å². The van der Waals surface area contributed by atoms with Gasteiger partial charge in [-0.1, -0.05) is 12.2 Å². The van der Waals surface area contributed by atoms with Gasteiger partial charge in [-0.05, 0) is 32.0 Å². The number of allylic oxidation sites excluding steroid dienone is 1. The van der Waals surface area contributed by atoms with E-state index in [2.05, 4.69) is 15.4 Å². The largest absolute Gasteiger partial charge is 0.463 e. The molecular formula is C22H27N7O4. The van der Waals surface area contributed by atoms with Crippen LogP contribution in [-0.2, 0) is 17.8 Å². The lowest BCUT2D eigenvalue weighted by molar-refractivity contribution is -0.164. The summed E-state index contributed by atoms with van der Waals surface area (Å²) in [6, 6.07) is 4.86. The van der Waals surface area contributed by atoms with E-state index in [9.17, 15) is 9.59 Å². The van der Waals surface area contributed by atoms with Crippen molar-refractivity contribution in [3.63, 3.8) is 0 Å². The van der Waals surface area contributed by atoms with Crippen LogP contribution in [0, 0.1) is 6.92 Å². The molecule has 0 spiro atoms. The fourth-order valence-corrected chi connectivity index (χ4v) is 3.59. The number of imidazole rings is 1. The molecule has 1 atom stereocenters. The van der Waals surface area contributed by atoms with E-state index in [1.807, 2.05) is 19.9 Å². The molecule has 1 fully saturated rings. The standard InChI is InChI=1S/C22H27N7O4/c1-3-29-16(10-13(2)27-29)21(31)26-22-25-15-11-14(20(24)30)12-17(33-18-6-9-32-18)19(15)28(22)8-5-4-7-23/h4-5,10-12,18H,3,6-9,23H2,1-2H3,(H2,24,30)(H,25,26,31). The predicted molar refractivity (Wildman–Crippen MR) is 122 cm³/mol. The molecular weight excluding hydrogens is 426 g/mol. The van der Waals surface area contributed by atoms with Crippen LogP contribution in [0.2, 0.25) is 0 Å². The number of hydrogen-bond acceptors (Lipinski definition) is 7. The van der Waals surface area contributed by atoms with Crippen molar-refractivity contribution in [3.05, 3.63) is 47.3 Å². The van der Waals surface area contributed by atoms with Crippen LogP contribution in [0.15, 0.2) is 30.4 Å². The molecule has 11 nitrogen and oxygen atoms in total. The average molecular weight is 454 g/mol.